The average molecular weight is 269 g/mol. The molecule has 0 saturated carbocycles. The van der Waals surface area contributed by atoms with Crippen LogP contribution in [0.15, 0.2) is 24.3 Å². The SMILES string of the molecule is COc1ccc2cc3c(N)nc(CCN)nc3nc2c1. The number of hydrogen-bond donors (Lipinski definition) is 2. The van der Waals surface area contributed by atoms with E-state index < -0.39 is 0 Å². The van der Waals surface area contributed by atoms with E-state index in [4.69, 9.17) is 16.2 Å². The summed E-state index contributed by atoms with van der Waals surface area (Å²) >= 11 is 0. The van der Waals surface area contributed by atoms with Gasteiger partial charge >= 0.3 is 0 Å². The molecule has 0 aliphatic rings. The first-order valence-corrected chi connectivity index (χ1v) is 6.32. The number of nitrogen functional groups attached to an aromatic ring is 1. The van der Waals surface area contributed by atoms with Crippen molar-refractivity contribution in [2.45, 2.75) is 6.42 Å². The lowest BCUT2D eigenvalue weighted by molar-refractivity contribution is 0.415. The molecule has 2 heterocycles. The molecule has 3 rings (SSSR count). The van der Waals surface area contributed by atoms with Gasteiger partial charge in [-0.3, -0.25) is 0 Å². The van der Waals surface area contributed by atoms with Crippen LogP contribution in [-0.2, 0) is 6.42 Å². The summed E-state index contributed by atoms with van der Waals surface area (Å²) in [6.07, 6.45) is 0.581. The fraction of sp³-hybridized carbons (Fsp3) is 0.214. The molecule has 6 nitrogen and oxygen atoms in total. The summed E-state index contributed by atoms with van der Waals surface area (Å²) in [5.74, 6) is 1.81. The van der Waals surface area contributed by atoms with Crippen molar-refractivity contribution >= 4 is 27.8 Å². The Morgan fingerprint density at radius 1 is 1.15 bits per heavy atom. The van der Waals surface area contributed by atoms with Gasteiger partial charge in [-0.05, 0) is 24.7 Å². The summed E-state index contributed by atoms with van der Waals surface area (Å²) in [4.78, 5) is 13.2. The van der Waals surface area contributed by atoms with Crippen molar-refractivity contribution in [3.8, 4) is 5.75 Å². The van der Waals surface area contributed by atoms with Crippen molar-refractivity contribution < 1.29 is 4.74 Å². The number of nitrogens with zero attached hydrogens (tertiary/aromatic N) is 3. The molecule has 4 N–H and O–H groups in total. The maximum Gasteiger partial charge on any atom is 0.165 e. The fourth-order valence-corrected chi connectivity index (χ4v) is 2.12. The van der Waals surface area contributed by atoms with Gasteiger partial charge in [0.1, 0.15) is 17.4 Å². The minimum absolute atomic E-state index is 0.434. The van der Waals surface area contributed by atoms with E-state index in [2.05, 4.69) is 15.0 Å². The van der Waals surface area contributed by atoms with Gasteiger partial charge < -0.3 is 16.2 Å². The highest BCUT2D eigenvalue weighted by Crippen LogP contribution is 2.25. The first-order valence-electron chi connectivity index (χ1n) is 6.32. The van der Waals surface area contributed by atoms with Crippen LogP contribution in [0.5, 0.6) is 5.75 Å². The number of rotatable bonds is 3. The third-order valence-electron chi connectivity index (χ3n) is 3.13. The summed E-state index contributed by atoms with van der Waals surface area (Å²) in [5, 5.41) is 1.73. The van der Waals surface area contributed by atoms with Crippen molar-refractivity contribution in [1.82, 2.24) is 15.0 Å². The molecule has 6 heteroatoms. The summed E-state index contributed by atoms with van der Waals surface area (Å²) in [5.41, 5.74) is 12.9. The number of anilines is 1. The van der Waals surface area contributed by atoms with Crippen molar-refractivity contribution in [3.05, 3.63) is 30.1 Å². The molecule has 0 saturated heterocycles. The van der Waals surface area contributed by atoms with Crippen LogP contribution in [-0.4, -0.2) is 28.6 Å². The van der Waals surface area contributed by atoms with Gasteiger partial charge in [0.05, 0.1) is 18.0 Å². The second-order valence-corrected chi connectivity index (χ2v) is 4.48. The minimum Gasteiger partial charge on any atom is -0.497 e. The Balaban J connectivity index is 2.27. The molecule has 0 bridgehead atoms. The molecule has 20 heavy (non-hydrogen) atoms. The summed E-state index contributed by atoms with van der Waals surface area (Å²) in [7, 11) is 1.63. The normalized spacial score (nSPS) is 11.1. The van der Waals surface area contributed by atoms with Gasteiger partial charge in [0.25, 0.3) is 0 Å². The Bertz CT molecular complexity index is 787. The van der Waals surface area contributed by atoms with E-state index in [-0.39, 0.29) is 0 Å². The standard InChI is InChI=1S/C14H15N5O/c1-20-9-3-2-8-6-10-13(16)18-12(4-5-15)19-14(10)17-11(8)7-9/h2-3,6-7H,4-5,15H2,1H3,(H2,16,17,18,19). The Morgan fingerprint density at radius 2 is 2.00 bits per heavy atom. The van der Waals surface area contributed by atoms with Crippen molar-refractivity contribution in [3.63, 3.8) is 0 Å². The van der Waals surface area contributed by atoms with Crippen LogP contribution in [0.3, 0.4) is 0 Å². The summed E-state index contributed by atoms with van der Waals surface area (Å²) in [6, 6.07) is 7.64. The topological polar surface area (TPSA) is 99.9 Å². The monoisotopic (exact) mass is 269 g/mol. The van der Waals surface area contributed by atoms with Crippen molar-refractivity contribution in [1.29, 1.82) is 0 Å². The molecular weight excluding hydrogens is 254 g/mol. The molecule has 2 aromatic heterocycles. The Hall–Kier alpha value is -2.47. The summed E-state index contributed by atoms with van der Waals surface area (Å²) in [6.45, 7) is 0.479. The molecule has 0 unspecified atom stereocenters. The van der Waals surface area contributed by atoms with Gasteiger partial charge in [0.15, 0.2) is 5.65 Å². The van der Waals surface area contributed by atoms with E-state index in [0.717, 1.165) is 22.0 Å². The minimum atomic E-state index is 0.434. The third-order valence-corrected chi connectivity index (χ3v) is 3.13. The van der Waals surface area contributed by atoms with E-state index in [1.54, 1.807) is 7.11 Å². The number of nitrogens with two attached hydrogens (primary N) is 2. The van der Waals surface area contributed by atoms with Gasteiger partial charge in [-0.15, -0.1) is 0 Å². The van der Waals surface area contributed by atoms with E-state index in [9.17, 15) is 0 Å². The molecule has 0 spiro atoms. The van der Waals surface area contributed by atoms with E-state index in [0.29, 0.717) is 30.3 Å². The molecule has 0 aliphatic heterocycles. The third kappa shape index (κ3) is 2.10. The molecular formula is C14H15N5O. The van der Waals surface area contributed by atoms with Gasteiger partial charge in [-0.2, -0.15) is 0 Å². The number of pyridine rings is 1. The van der Waals surface area contributed by atoms with Crippen LogP contribution in [0.25, 0.3) is 21.9 Å². The first-order chi connectivity index (χ1) is 9.71. The first kappa shape index (κ1) is 12.6. The number of hydrogen-bond acceptors (Lipinski definition) is 6. The van der Waals surface area contributed by atoms with Crippen LogP contribution < -0.4 is 16.2 Å². The maximum absolute atomic E-state index is 5.98. The van der Waals surface area contributed by atoms with Crippen LogP contribution in [0.2, 0.25) is 0 Å². The van der Waals surface area contributed by atoms with Gasteiger partial charge in [-0.1, -0.05) is 0 Å². The maximum atomic E-state index is 5.98. The molecule has 1 aromatic carbocycles. The van der Waals surface area contributed by atoms with Gasteiger partial charge in [0.2, 0.25) is 0 Å². The smallest absolute Gasteiger partial charge is 0.165 e. The predicted octanol–water partition coefficient (Wildman–Crippen LogP) is 1.27. The Kier molecular flexibility index (Phi) is 3.08. The van der Waals surface area contributed by atoms with Gasteiger partial charge in [0, 0.05) is 17.9 Å². The number of fused-ring (bicyclic) bond motifs is 2. The van der Waals surface area contributed by atoms with E-state index in [1.165, 1.54) is 0 Å². The zero-order valence-electron chi connectivity index (χ0n) is 11.1. The molecule has 3 aromatic rings. The van der Waals surface area contributed by atoms with E-state index in [1.807, 2.05) is 24.3 Å². The van der Waals surface area contributed by atoms with E-state index >= 15 is 0 Å². The Morgan fingerprint density at radius 3 is 2.75 bits per heavy atom. The van der Waals surface area contributed by atoms with Crippen LogP contribution >= 0.6 is 0 Å². The largest absolute Gasteiger partial charge is 0.497 e. The molecule has 0 radical (unpaired) electrons. The highest BCUT2D eigenvalue weighted by atomic mass is 16.5. The number of methoxy groups -OCH3 is 1. The molecule has 0 amide bonds. The zero-order chi connectivity index (χ0) is 14.1. The zero-order valence-corrected chi connectivity index (χ0v) is 11.1. The Labute approximate surface area is 115 Å². The predicted molar refractivity (Wildman–Crippen MR) is 78.6 cm³/mol. The molecule has 0 fully saturated rings. The quantitative estimate of drug-likeness (QED) is 0.694. The lowest BCUT2D eigenvalue weighted by Crippen LogP contribution is -2.08. The van der Waals surface area contributed by atoms with Gasteiger partial charge in [-0.25, -0.2) is 15.0 Å². The number of aromatic nitrogens is 3. The van der Waals surface area contributed by atoms with Crippen molar-refractivity contribution in [2.24, 2.45) is 5.73 Å². The summed E-state index contributed by atoms with van der Waals surface area (Å²) < 4.78 is 5.21. The second-order valence-electron chi connectivity index (χ2n) is 4.48. The highest BCUT2D eigenvalue weighted by Gasteiger charge is 2.08. The molecule has 0 atom stereocenters. The fourth-order valence-electron chi connectivity index (χ4n) is 2.12. The van der Waals surface area contributed by atoms with Crippen molar-refractivity contribution in [2.75, 3.05) is 19.4 Å². The number of benzene rings is 1. The molecule has 0 aliphatic carbocycles. The number of ether oxygens (including phenoxy) is 1. The van der Waals surface area contributed by atoms with Crippen LogP contribution in [0.4, 0.5) is 5.82 Å². The lowest BCUT2D eigenvalue weighted by atomic mass is 10.1. The van der Waals surface area contributed by atoms with Crippen LogP contribution in [0.1, 0.15) is 5.82 Å². The highest BCUT2D eigenvalue weighted by molar-refractivity contribution is 5.96. The second kappa shape index (κ2) is 4.90. The molecule has 102 valence electrons. The van der Waals surface area contributed by atoms with Crippen LogP contribution in [0, 0.1) is 0 Å². The average Bonchev–Trinajstić information content (AvgIpc) is 2.45. The lowest BCUT2D eigenvalue weighted by Gasteiger charge is -2.07.